The summed E-state index contributed by atoms with van der Waals surface area (Å²) < 4.78 is 12.6. The summed E-state index contributed by atoms with van der Waals surface area (Å²) in [5, 5.41) is 13.0. The lowest BCUT2D eigenvalue weighted by Crippen LogP contribution is -2.47. The van der Waals surface area contributed by atoms with Gasteiger partial charge in [-0.1, -0.05) is 37.3 Å². The quantitative estimate of drug-likeness (QED) is 0.548. The molecular formula is C31H45N3O5. The van der Waals surface area contributed by atoms with E-state index in [2.05, 4.69) is 17.1 Å². The van der Waals surface area contributed by atoms with Gasteiger partial charge in [0.2, 0.25) is 5.91 Å². The van der Waals surface area contributed by atoms with Crippen LogP contribution >= 0.6 is 0 Å². The molecule has 0 spiro atoms. The SMILES string of the molecule is C[C@@H]1CN([C@H](C)CO)C(=O)c2cc(NC(=O)Cc3ccccc3)ccc2O[C@@H](C)CCCCO[C@H]1CN(C)C. The van der Waals surface area contributed by atoms with Gasteiger partial charge in [-0.05, 0) is 71.0 Å². The average molecular weight is 540 g/mol. The van der Waals surface area contributed by atoms with E-state index in [0.29, 0.717) is 30.2 Å². The van der Waals surface area contributed by atoms with E-state index in [0.717, 1.165) is 31.4 Å². The first-order chi connectivity index (χ1) is 18.7. The van der Waals surface area contributed by atoms with Gasteiger partial charge in [0.05, 0.1) is 36.8 Å². The summed E-state index contributed by atoms with van der Waals surface area (Å²) in [4.78, 5) is 30.6. The second-order valence-electron chi connectivity index (χ2n) is 11.0. The number of benzene rings is 2. The molecule has 0 unspecified atom stereocenters. The zero-order valence-electron chi connectivity index (χ0n) is 24.1. The predicted octanol–water partition coefficient (Wildman–Crippen LogP) is 4.22. The molecule has 0 saturated carbocycles. The Balaban J connectivity index is 1.93. The molecule has 214 valence electrons. The number of aliphatic hydroxyl groups excluding tert-OH is 1. The number of aliphatic hydroxyl groups is 1. The standard InChI is InChI=1S/C31H45N3O5/c1-22-19-34(23(2)21-35)31(37)27-18-26(32-30(36)17-25-12-7-6-8-13-25)14-15-28(27)39-24(3)11-9-10-16-38-29(22)20-33(4)5/h6-8,12-15,18,22-24,29,35H,9-11,16-17,19-21H2,1-5H3,(H,32,36)/t22-,23-,24+,29+/m1/s1. The van der Waals surface area contributed by atoms with E-state index < -0.39 is 6.04 Å². The molecule has 0 aromatic heterocycles. The predicted molar refractivity (Wildman–Crippen MR) is 154 cm³/mol. The highest BCUT2D eigenvalue weighted by molar-refractivity contribution is 6.00. The third-order valence-corrected chi connectivity index (χ3v) is 7.09. The van der Waals surface area contributed by atoms with Gasteiger partial charge in [-0.3, -0.25) is 9.59 Å². The van der Waals surface area contributed by atoms with E-state index in [4.69, 9.17) is 9.47 Å². The fourth-order valence-electron chi connectivity index (χ4n) is 4.81. The van der Waals surface area contributed by atoms with Gasteiger partial charge in [-0.15, -0.1) is 0 Å². The molecule has 0 aliphatic carbocycles. The van der Waals surface area contributed by atoms with Gasteiger partial charge in [0.15, 0.2) is 0 Å². The third-order valence-electron chi connectivity index (χ3n) is 7.09. The maximum absolute atomic E-state index is 14.1. The number of ether oxygens (including phenoxy) is 2. The number of amides is 2. The first-order valence-corrected chi connectivity index (χ1v) is 14.0. The lowest BCUT2D eigenvalue weighted by molar-refractivity contribution is -0.115. The molecule has 2 N–H and O–H groups in total. The Labute approximate surface area is 233 Å². The Bertz CT molecular complexity index is 1060. The van der Waals surface area contributed by atoms with Gasteiger partial charge in [0, 0.05) is 31.3 Å². The van der Waals surface area contributed by atoms with Gasteiger partial charge in [0.25, 0.3) is 5.91 Å². The molecule has 2 amide bonds. The van der Waals surface area contributed by atoms with Crippen LogP contribution < -0.4 is 10.1 Å². The molecule has 0 fully saturated rings. The van der Waals surface area contributed by atoms with Crippen molar-refractivity contribution < 1.29 is 24.2 Å². The van der Waals surface area contributed by atoms with Crippen LogP contribution in [0.15, 0.2) is 48.5 Å². The van der Waals surface area contributed by atoms with Crippen LogP contribution in [0.4, 0.5) is 5.69 Å². The summed E-state index contributed by atoms with van der Waals surface area (Å²) in [6.07, 6.45) is 2.79. The lowest BCUT2D eigenvalue weighted by Gasteiger charge is -2.35. The molecule has 1 heterocycles. The van der Waals surface area contributed by atoms with Crippen molar-refractivity contribution in [1.82, 2.24) is 9.80 Å². The van der Waals surface area contributed by atoms with E-state index in [9.17, 15) is 14.7 Å². The Kier molecular flexibility index (Phi) is 11.8. The van der Waals surface area contributed by atoms with Crippen LogP contribution in [0.5, 0.6) is 5.75 Å². The van der Waals surface area contributed by atoms with Crippen LogP contribution in [0.25, 0.3) is 0 Å². The summed E-state index contributed by atoms with van der Waals surface area (Å²) in [6.45, 7) is 7.57. The maximum Gasteiger partial charge on any atom is 0.258 e. The smallest absolute Gasteiger partial charge is 0.258 e. The molecule has 2 aromatic carbocycles. The minimum absolute atomic E-state index is 0.0327. The molecule has 39 heavy (non-hydrogen) atoms. The van der Waals surface area contributed by atoms with Crippen LogP contribution in [-0.2, 0) is 16.0 Å². The molecule has 2 aromatic rings. The molecule has 0 bridgehead atoms. The van der Waals surface area contributed by atoms with Crippen LogP contribution in [0.2, 0.25) is 0 Å². The summed E-state index contributed by atoms with van der Waals surface area (Å²) in [7, 11) is 4.03. The van der Waals surface area contributed by atoms with Crippen molar-refractivity contribution >= 4 is 17.5 Å². The number of hydrogen-bond donors (Lipinski definition) is 2. The Morgan fingerprint density at radius 2 is 1.90 bits per heavy atom. The van der Waals surface area contributed by atoms with Gasteiger partial charge < -0.3 is 29.7 Å². The Morgan fingerprint density at radius 1 is 1.15 bits per heavy atom. The minimum atomic E-state index is -0.408. The van der Waals surface area contributed by atoms with Crippen molar-refractivity contribution in [1.29, 1.82) is 0 Å². The van der Waals surface area contributed by atoms with Crippen LogP contribution in [0, 0.1) is 5.92 Å². The summed E-state index contributed by atoms with van der Waals surface area (Å²) in [6, 6.07) is 14.3. The molecule has 8 heteroatoms. The number of carbonyl (C=O) groups excluding carboxylic acids is 2. The highest BCUT2D eigenvalue weighted by Crippen LogP contribution is 2.28. The topological polar surface area (TPSA) is 91.3 Å². The number of anilines is 1. The van der Waals surface area contributed by atoms with Crippen molar-refractivity contribution in [2.24, 2.45) is 5.92 Å². The van der Waals surface area contributed by atoms with Crippen molar-refractivity contribution in [2.75, 3.05) is 45.7 Å². The lowest BCUT2D eigenvalue weighted by atomic mass is 10.0. The van der Waals surface area contributed by atoms with Gasteiger partial charge >= 0.3 is 0 Å². The molecule has 1 aliphatic rings. The Hall–Kier alpha value is -2.94. The molecule has 8 nitrogen and oxygen atoms in total. The summed E-state index contributed by atoms with van der Waals surface area (Å²) >= 11 is 0. The fraction of sp³-hybridized carbons (Fsp3) is 0.548. The minimum Gasteiger partial charge on any atom is -0.490 e. The van der Waals surface area contributed by atoms with Crippen LogP contribution in [0.1, 0.15) is 56.0 Å². The normalized spacial score (nSPS) is 22.0. The van der Waals surface area contributed by atoms with Crippen LogP contribution in [-0.4, -0.2) is 85.4 Å². The largest absolute Gasteiger partial charge is 0.490 e. The number of carbonyl (C=O) groups is 2. The number of nitrogens with one attached hydrogen (secondary N) is 1. The van der Waals surface area contributed by atoms with Crippen molar-refractivity contribution in [2.45, 2.75) is 64.7 Å². The number of rotatable bonds is 7. The molecule has 4 atom stereocenters. The third kappa shape index (κ3) is 9.34. The van der Waals surface area contributed by atoms with Crippen LogP contribution in [0.3, 0.4) is 0 Å². The molecule has 1 aliphatic heterocycles. The van der Waals surface area contributed by atoms with E-state index in [1.54, 1.807) is 23.1 Å². The zero-order valence-corrected chi connectivity index (χ0v) is 24.1. The molecule has 0 radical (unpaired) electrons. The zero-order chi connectivity index (χ0) is 28.4. The summed E-state index contributed by atoms with van der Waals surface area (Å²) in [5.74, 6) is 0.104. The van der Waals surface area contributed by atoms with Gasteiger partial charge in [-0.2, -0.15) is 0 Å². The van der Waals surface area contributed by atoms with Crippen molar-refractivity contribution in [3.05, 3.63) is 59.7 Å². The van der Waals surface area contributed by atoms with E-state index in [1.807, 2.05) is 58.3 Å². The molecule has 3 rings (SSSR count). The average Bonchev–Trinajstić information content (AvgIpc) is 2.90. The highest BCUT2D eigenvalue weighted by atomic mass is 16.5. The fourth-order valence-corrected chi connectivity index (χ4v) is 4.81. The number of likely N-dealkylation sites (N-methyl/N-ethyl adjacent to an activating group) is 1. The summed E-state index contributed by atoms with van der Waals surface area (Å²) in [5.41, 5.74) is 1.81. The van der Waals surface area contributed by atoms with E-state index in [1.165, 1.54) is 0 Å². The van der Waals surface area contributed by atoms with Gasteiger partial charge in [-0.25, -0.2) is 0 Å². The maximum atomic E-state index is 14.1. The molecular weight excluding hydrogens is 494 g/mol. The molecule has 0 saturated heterocycles. The first-order valence-electron chi connectivity index (χ1n) is 14.0. The number of hydrogen-bond acceptors (Lipinski definition) is 6. The highest BCUT2D eigenvalue weighted by Gasteiger charge is 2.30. The first kappa shape index (κ1) is 30.6. The Morgan fingerprint density at radius 3 is 2.59 bits per heavy atom. The number of nitrogens with zero attached hydrogens (tertiary/aromatic N) is 2. The second-order valence-corrected chi connectivity index (χ2v) is 11.0. The van der Waals surface area contributed by atoms with E-state index >= 15 is 0 Å². The number of fused-ring (bicyclic) bond motifs is 1. The van der Waals surface area contributed by atoms with E-state index in [-0.39, 0.29) is 43.0 Å². The van der Waals surface area contributed by atoms with Crippen molar-refractivity contribution in [3.8, 4) is 5.75 Å². The second kappa shape index (κ2) is 15.0. The van der Waals surface area contributed by atoms with Gasteiger partial charge in [0.1, 0.15) is 5.75 Å². The monoisotopic (exact) mass is 539 g/mol. The van der Waals surface area contributed by atoms with Crippen molar-refractivity contribution in [3.63, 3.8) is 0 Å².